The van der Waals surface area contributed by atoms with E-state index in [1.807, 2.05) is 54.6 Å². The number of benzene rings is 3. The summed E-state index contributed by atoms with van der Waals surface area (Å²) in [5.74, 6) is 2.07. The quantitative estimate of drug-likeness (QED) is 0.283. The van der Waals surface area contributed by atoms with Gasteiger partial charge in [-0.2, -0.15) is 5.10 Å². The fraction of sp³-hybridized carbons (Fsp3) is 0.185. The van der Waals surface area contributed by atoms with E-state index in [0.29, 0.717) is 23.9 Å². The smallest absolute Gasteiger partial charge is 0.162 e. The Balaban J connectivity index is 1.51. The number of hydrogen-bond acceptors (Lipinski definition) is 5. The van der Waals surface area contributed by atoms with Gasteiger partial charge in [-0.1, -0.05) is 42.0 Å². The van der Waals surface area contributed by atoms with Crippen LogP contribution in [0.4, 0.5) is 5.82 Å². The predicted molar refractivity (Wildman–Crippen MR) is 131 cm³/mol. The zero-order valence-corrected chi connectivity index (χ0v) is 18.8. The van der Waals surface area contributed by atoms with Crippen LogP contribution >= 0.6 is 0 Å². The number of ether oxygens (including phenoxy) is 2. The third-order valence-electron chi connectivity index (χ3n) is 5.27. The summed E-state index contributed by atoms with van der Waals surface area (Å²) in [6, 6.07) is 22.1. The van der Waals surface area contributed by atoms with E-state index in [1.165, 1.54) is 16.5 Å². The number of hydrazone groups is 1. The zero-order valence-electron chi connectivity index (χ0n) is 18.8. The molecule has 32 heavy (non-hydrogen) atoms. The summed E-state index contributed by atoms with van der Waals surface area (Å²) in [6.45, 7) is 6.75. The fourth-order valence-electron chi connectivity index (χ4n) is 3.70. The molecule has 5 heteroatoms. The van der Waals surface area contributed by atoms with Crippen molar-refractivity contribution in [1.82, 2.24) is 4.98 Å². The molecule has 0 saturated carbocycles. The molecule has 0 aliphatic heterocycles. The zero-order chi connectivity index (χ0) is 22.5. The number of aromatic nitrogens is 1. The third kappa shape index (κ3) is 4.89. The normalized spacial score (nSPS) is 11.1. The number of methoxy groups -OCH3 is 1. The second-order valence-corrected chi connectivity index (χ2v) is 7.86. The van der Waals surface area contributed by atoms with Gasteiger partial charge in [-0.15, -0.1) is 0 Å². The predicted octanol–water partition coefficient (Wildman–Crippen LogP) is 6.19. The van der Waals surface area contributed by atoms with Crippen LogP contribution in [0.1, 0.15) is 27.8 Å². The topological polar surface area (TPSA) is 55.7 Å². The summed E-state index contributed by atoms with van der Waals surface area (Å²) in [6.07, 6.45) is 1.75. The molecule has 4 aromatic rings. The number of hydrogen-bond donors (Lipinski definition) is 1. The first-order chi connectivity index (χ1) is 15.5. The van der Waals surface area contributed by atoms with E-state index in [4.69, 9.17) is 14.5 Å². The van der Waals surface area contributed by atoms with Crippen molar-refractivity contribution in [3.8, 4) is 11.5 Å². The van der Waals surface area contributed by atoms with Crippen molar-refractivity contribution in [2.45, 2.75) is 27.4 Å². The lowest BCUT2D eigenvalue weighted by Crippen LogP contribution is -1.99. The van der Waals surface area contributed by atoms with Gasteiger partial charge in [0.2, 0.25) is 0 Å². The number of nitrogens with zero attached hydrogens (tertiary/aromatic N) is 2. The van der Waals surface area contributed by atoms with Gasteiger partial charge >= 0.3 is 0 Å². The molecule has 0 fully saturated rings. The lowest BCUT2D eigenvalue weighted by molar-refractivity contribution is 0.284. The molecule has 0 spiro atoms. The Morgan fingerprint density at radius 3 is 2.50 bits per heavy atom. The van der Waals surface area contributed by atoms with Gasteiger partial charge in [0.1, 0.15) is 12.4 Å². The number of pyridine rings is 1. The second kappa shape index (κ2) is 9.52. The van der Waals surface area contributed by atoms with Crippen LogP contribution in [0.15, 0.2) is 71.8 Å². The average Bonchev–Trinajstić information content (AvgIpc) is 2.79. The monoisotopic (exact) mass is 425 g/mol. The molecule has 0 atom stereocenters. The second-order valence-electron chi connectivity index (χ2n) is 7.86. The van der Waals surface area contributed by atoms with Crippen LogP contribution in [-0.2, 0) is 6.61 Å². The minimum atomic E-state index is 0.467. The Labute approximate surface area is 188 Å². The highest BCUT2D eigenvalue weighted by Gasteiger charge is 2.07. The molecule has 1 heterocycles. The van der Waals surface area contributed by atoms with Gasteiger partial charge in [-0.3, -0.25) is 5.43 Å². The third-order valence-corrected chi connectivity index (χ3v) is 5.27. The van der Waals surface area contributed by atoms with Gasteiger partial charge in [0.15, 0.2) is 11.5 Å². The van der Waals surface area contributed by atoms with Crippen LogP contribution in [0.2, 0.25) is 0 Å². The van der Waals surface area contributed by atoms with Crippen molar-refractivity contribution in [3.05, 3.63) is 94.5 Å². The molecule has 0 aliphatic carbocycles. The van der Waals surface area contributed by atoms with Gasteiger partial charge in [-0.25, -0.2) is 4.98 Å². The molecule has 0 unspecified atom stereocenters. The minimum Gasteiger partial charge on any atom is -0.493 e. The van der Waals surface area contributed by atoms with Crippen LogP contribution < -0.4 is 14.9 Å². The van der Waals surface area contributed by atoms with E-state index in [1.54, 1.807) is 13.3 Å². The molecule has 0 saturated heterocycles. The molecule has 162 valence electrons. The Kier molecular flexibility index (Phi) is 6.36. The average molecular weight is 426 g/mol. The summed E-state index contributed by atoms with van der Waals surface area (Å²) < 4.78 is 11.4. The molecule has 0 radical (unpaired) electrons. The molecular weight excluding hydrogens is 398 g/mol. The summed E-state index contributed by atoms with van der Waals surface area (Å²) in [4.78, 5) is 4.75. The van der Waals surface area contributed by atoms with Crippen molar-refractivity contribution < 1.29 is 9.47 Å². The Hall–Kier alpha value is -3.86. The van der Waals surface area contributed by atoms with Gasteiger partial charge in [0.25, 0.3) is 0 Å². The van der Waals surface area contributed by atoms with Crippen LogP contribution in [0.5, 0.6) is 11.5 Å². The Morgan fingerprint density at radius 1 is 0.906 bits per heavy atom. The number of nitrogens with one attached hydrogen (secondary N) is 1. The largest absolute Gasteiger partial charge is 0.493 e. The lowest BCUT2D eigenvalue weighted by atomic mass is 10.0. The van der Waals surface area contributed by atoms with Crippen molar-refractivity contribution in [3.63, 3.8) is 0 Å². The van der Waals surface area contributed by atoms with E-state index in [-0.39, 0.29) is 0 Å². The molecule has 1 N–H and O–H groups in total. The van der Waals surface area contributed by atoms with E-state index in [2.05, 4.69) is 43.4 Å². The van der Waals surface area contributed by atoms with Crippen molar-refractivity contribution in [1.29, 1.82) is 0 Å². The number of rotatable bonds is 7. The fourth-order valence-corrected chi connectivity index (χ4v) is 3.70. The summed E-state index contributed by atoms with van der Waals surface area (Å²) in [5, 5.41) is 5.56. The molecule has 1 aromatic heterocycles. The van der Waals surface area contributed by atoms with Gasteiger partial charge in [-0.05, 0) is 73.4 Å². The Morgan fingerprint density at radius 2 is 1.72 bits per heavy atom. The summed E-state index contributed by atoms with van der Waals surface area (Å²) >= 11 is 0. The first kappa shape index (κ1) is 21.4. The van der Waals surface area contributed by atoms with Crippen molar-refractivity contribution in [2.75, 3.05) is 12.5 Å². The van der Waals surface area contributed by atoms with E-state index < -0.39 is 0 Å². The van der Waals surface area contributed by atoms with E-state index in [9.17, 15) is 0 Å². The number of fused-ring (bicyclic) bond motifs is 1. The number of anilines is 1. The number of aryl methyl sites for hydroxylation is 3. The van der Waals surface area contributed by atoms with Gasteiger partial charge < -0.3 is 9.47 Å². The van der Waals surface area contributed by atoms with Crippen LogP contribution in [-0.4, -0.2) is 18.3 Å². The molecule has 3 aromatic carbocycles. The Bertz CT molecular complexity index is 1270. The molecule has 0 bridgehead atoms. The van der Waals surface area contributed by atoms with Gasteiger partial charge in [0.05, 0.1) is 18.8 Å². The van der Waals surface area contributed by atoms with E-state index >= 15 is 0 Å². The maximum absolute atomic E-state index is 5.99. The highest BCUT2D eigenvalue weighted by Crippen LogP contribution is 2.28. The van der Waals surface area contributed by atoms with Crippen molar-refractivity contribution >= 4 is 22.9 Å². The molecule has 5 nitrogen and oxygen atoms in total. The van der Waals surface area contributed by atoms with Crippen LogP contribution in [0.3, 0.4) is 0 Å². The van der Waals surface area contributed by atoms with E-state index in [0.717, 1.165) is 22.2 Å². The first-order valence-electron chi connectivity index (χ1n) is 10.6. The highest BCUT2D eigenvalue weighted by molar-refractivity contribution is 5.87. The summed E-state index contributed by atoms with van der Waals surface area (Å²) in [5.41, 5.74) is 9.61. The molecule has 4 rings (SSSR count). The van der Waals surface area contributed by atoms with Gasteiger partial charge in [0, 0.05) is 5.39 Å². The summed E-state index contributed by atoms with van der Waals surface area (Å²) in [7, 11) is 1.64. The van der Waals surface area contributed by atoms with Crippen LogP contribution in [0, 0.1) is 20.8 Å². The maximum Gasteiger partial charge on any atom is 0.162 e. The molecular formula is C27H27N3O2. The SMILES string of the molecule is COc1ccc(C=NNc2cc(C)c3cc(C)cc(C)c3n2)cc1OCc1ccccc1. The lowest BCUT2D eigenvalue weighted by Gasteiger charge is -2.11. The minimum absolute atomic E-state index is 0.467. The first-order valence-corrected chi connectivity index (χ1v) is 10.6. The van der Waals surface area contributed by atoms with Crippen molar-refractivity contribution in [2.24, 2.45) is 5.10 Å². The standard InChI is InChI=1S/C27H27N3O2/c1-18-12-20(3)27-23(13-18)19(2)14-26(29-27)30-28-16-22-10-11-24(31-4)25(15-22)32-17-21-8-6-5-7-9-21/h5-16H,17H2,1-4H3,(H,29,30). The maximum atomic E-state index is 5.99. The molecule has 0 amide bonds. The molecule has 0 aliphatic rings. The van der Waals surface area contributed by atoms with Crippen LogP contribution in [0.25, 0.3) is 10.9 Å². The highest BCUT2D eigenvalue weighted by atomic mass is 16.5.